The van der Waals surface area contributed by atoms with E-state index < -0.39 is 0 Å². The fourth-order valence-corrected chi connectivity index (χ4v) is 3.75. The Morgan fingerprint density at radius 2 is 1.52 bits per heavy atom. The third-order valence-corrected chi connectivity index (χ3v) is 6.07. The summed E-state index contributed by atoms with van der Waals surface area (Å²) in [6, 6.07) is 0.782. The molecule has 0 aromatic carbocycles. The zero-order valence-corrected chi connectivity index (χ0v) is 20.7. The van der Waals surface area contributed by atoms with Gasteiger partial charge in [0.1, 0.15) is 0 Å². The maximum Gasteiger partial charge on any atom is 0.0954 e. The van der Waals surface area contributed by atoms with Crippen LogP contribution in [0.3, 0.4) is 0 Å². The van der Waals surface area contributed by atoms with Crippen LogP contribution in [0.15, 0.2) is 10.8 Å². The zero-order valence-electron chi connectivity index (χ0n) is 15.1. The monoisotopic (exact) mass is 535 g/mol. The van der Waals surface area contributed by atoms with Gasteiger partial charge in [-0.05, 0) is 12.8 Å². The summed E-state index contributed by atoms with van der Waals surface area (Å²) in [5.74, 6) is 1.63. The summed E-state index contributed by atoms with van der Waals surface area (Å²) in [4.78, 5) is 8.88. The van der Waals surface area contributed by atoms with Crippen molar-refractivity contribution < 1.29 is 0 Å². The number of alkyl halides is 1. The van der Waals surface area contributed by atoms with Gasteiger partial charge in [-0.25, -0.2) is 9.97 Å². The van der Waals surface area contributed by atoms with E-state index in [9.17, 15) is 0 Å². The Bertz CT molecular complexity index is 598. The highest BCUT2D eigenvalue weighted by Crippen LogP contribution is 2.22. The molecule has 0 saturated heterocycles. The summed E-state index contributed by atoms with van der Waals surface area (Å²) < 4.78 is 0. The van der Waals surface area contributed by atoms with Gasteiger partial charge in [0.05, 0.1) is 27.3 Å². The molecule has 0 spiro atoms. The van der Waals surface area contributed by atoms with Crippen LogP contribution in [-0.2, 0) is 12.4 Å². The van der Waals surface area contributed by atoms with Crippen molar-refractivity contribution in [2.45, 2.75) is 70.8 Å². The second-order valence-corrected chi connectivity index (χ2v) is 8.50. The third kappa shape index (κ3) is 9.33. The number of aromatic nitrogens is 2. The maximum atomic E-state index is 5.59. The SMILES string of the molecule is CC(C)c1nc(CCl)cs1.CC(C)c1nc(CNC2CC2)cs1.Cl.I. The van der Waals surface area contributed by atoms with Crippen LogP contribution in [0.25, 0.3) is 0 Å². The summed E-state index contributed by atoms with van der Waals surface area (Å²) in [6.07, 6.45) is 2.70. The van der Waals surface area contributed by atoms with Gasteiger partial charge in [-0.3, -0.25) is 0 Å². The van der Waals surface area contributed by atoms with Gasteiger partial charge in [0.2, 0.25) is 0 Å². The second-order valence-electron chi connectivity index (χ2n) is 6.45. The normalized spacial score (nSPS) is 13.1. The van der Waals surface area contributed by atoms with Gasteiger partial charge >= 0.3 is 0 Å². The molecule has 8 heteroatoms. The van der Waals surface area contributed by atoms with Crippen LogP contribution in [0.2, 0.25) is 0 Å². The maximum absolute atomic E-state index is 5.59. The lowest BCUT2D eigenvalue weighted by Gasteiger charge is -1.99. The zero-order chi connectivity index (χ0) is 16.8. The molecule has 1 N–H and O–H groups in total. The first-order valence-corrected chi connectivity index (χ1v) is 10.5. The van der Waals surface area contributed by atoms with Gasteiger partial charge in [-0.15, -0.1) is 70.7 Å². The Morgan fingerprint density at radius 3 is 1.88 bits per heavy atom. The molecular formula is C17H28Cl2IN3S2. The number of rotatable bonds is 6. The standard InChI is InChI=1S/C10H16N2S.C7H10ClNS.ClH.HI/c1-7(2)10-12-9(6-13-10)5-11-8-3-4-8;1-5(2)7-9-6(3-8)4-10-7;;/h6-8,11H,3-5H2,1-2H3;4-5H,3H2,1-2H3;2*1H. The van der Waals surface area contributed by atoms with Crippen molar-refractivity contribution in [2.75, 3.05) is 0 Å². The topological polar surface area (TPSA) is 37.8 Å². The van der Waals surface area contributed by atoms with Crippen molar-refractivity contribution in [3.8, 4) is 0 Å². The lowest BCUT2D eigenvalue weighted by molar-refractivity contribution is 0.673. The molecule has 2 aromatic heterocycles. The summed E-state index contributed by atoms with van der Waals surface area (Å²) >= 11 is 9.05. The Labute approximate surface area is 187 Å². The smallest absolute Gasteiger partial charge is 0.0954 e. The van der Waals surface area contributed by atoms with Crippen LogP contribution >= 0.6 is 70.7 Å². The second kappa shape index (κ2) is 12.8. The van der Waals surface area contributed by atoms with Gasteiger partial charge in [0, 0.05) is 35.2 Å². The quantitative estimate of drug-likeness (QED) is 0.336. The molecule has 2 aromatic rings. The van der Waals surface area contributed by atoms with Crippen molar-refractivity contribution >= 4 is 70.7 Å². The fraction of sp³-hybridized carbons (Fsp3) is 0.647. The average Bonchev–Trinajstić information content (AvgIpc) is 3.05. The average molecular weight is 536 g/mol. The predicted octanol–water partition coefficient (Wildman–Crippen LogP) is 6.56. The number of nitrogens with one attached hydrogen (secondary N) is 1. The molecule has 0 aliphatic heterocycles. The minimum Gasteiger partial charge on any atom is -0.308 e. The van der Waals surface area contributed by atoms with Crippen LogP contribution in [0.5, 0.6) is 0 Å². The minimum atomic E-state index is 0. The van der Waals surface area contributed by atoms with E-state index in [1.54, 1.807) is 22.7 Å². The summed E-state index contributed by atoms with van der Waals surface area (Å²) in [6.45, 7) is 9.61. The Hall–Kier alpha value is 0.530. The molecule has 3 rings (SSSR count). The number of thiazole rings is 2. The Morgan fingerprint density at radius 1 is 1.04 bits per heavy atom. The van der Waals surface area contributed by atoms with Crippen molar-refractivity contribution in [3.05, 3.63) is 32.2 Å². The van der Waals surface area contributed by atoms with Gasteiger partial charge in [0.15, 0.2) is 0 Å². The fourth-order valence-electron chi connectivity index (χ4n) is 1.85. The highest BCUT2D eigenvalue weighted by atomic mass is 127. The number of hydrogen-bond donors (Lipinski definition) is 1. The van der Waals surface area contributed by atoms with E-state index in [0.717, 1.165) is 18.3 Å². The largest absolute Gasteiger partial charge is 0.308 e. The lowest BCUT2D eigenvalue weighted by atomic mass is 10.2. The van der Waals surface area contributed by atoms with Gasteiger partial charge in [-0.1, -0.05) is 27.7 Å². The molecule has 0 unspecified atom stereocenters. The van der Waals surface area contributed by atoms with Crippen LogP contribution < -0.4 is 5.32 Å². The van der Waals surface area contributed by atoms with Gasteiger partial charge in [0.25, 0.3) is 0 Å². The van der Waals surface area contributed by atoms with Gasteiger partial charge < -0.3 is 5.32 Å². The van der Waals surface area contributed by atoms with Crippen molar-refractivity contribution in [3.63, 3.8) is 0 Å². The summed E-state index contributed by atoms with van der Waals surface area (Å²) in [7, 11) is 0. The molecule has 0 atom stereocenters. The highest BCUT2D eigenvalue weighted by molar-refractivity contribution is 14.0. The van der Waals surface area contributed by atoms with E-state index in [1.807, 2.05) is 5.38 Å². The van der Waals surface area contributed by atoms with Crippen LogP contribution in [0, 0.1) is 0 Å². The molecule has 1 aliphatic rings. The first-order valence-electron chi connectivity index (χ1n) is 8.17. The van der Waals surface area contributed by atoms with E-state index in [1.165, 1.54) is 28.6 Å². The molecule has 1 fully saturated rings. The number of hydrogen-bond acceptors (Lipinski definition) is 5. The molecule has 0 bridgehead atoms. The van der Waals surface area contributed by atoms with E-state index in [4.69, 9.17) is 11.6 Å². The summed E-state index contributed by atoms with van der Waals surface area (Å²) in [5, 5.41) is 10.1. The first-order chi connectivity index (χ1) is 11.0. The lowest BCUT2D eigenvalue weighted by Crippen LogP contribution is -2.15. The predicted molar refractivity (Wildman–Crippen MR) is 124 cm³/mol. The molecule has 1 saturated carbocycles. The highest BCUT2D eigenvalue weighted by Gasteiger charge is 2.20. The minimum absolute atomic E-state index is 0. The van der Waals surface area contributed by atoms with Crippen molar-refractivity contribution in [1.29, 1.82) is 0 Å². The molecule has 1 aliphatic carbocycles. The van der Waals surface area contributed by atoms with Gasteiger partial charge in [-0.2, -0.15) is 0 Å². The number of nitrogens with zero attached hydrogens (tertiary/aromatic N) is 2. The summed E-state index contributed by atoms with van der Waals surface area (Å²) in [5.41, 5.74) is 2.20. The first kappa shape index (κ1) is 25.5. The molecule has 144 valence electrons. The molecule has 2 heterocycles. The molecule has 25 heavy (non-hydrogen) atoms. The van der Waals surface area contributed by atoms with Crippen molar-refractivity contribution in [1.82, 2.24) is 15.3 Å². The van der Waals surface area contributed by atoms with E-state index in [-0.39, 0.29) is 36.4 Å². The van der Waals surface area contributed by atoms with E-state index in [2.05, 4.69) is 48.4 Å². The number of halogens is 3. The Kier molecular flexibility index (Phi) is 13.1. The Balaban J connectivity index is 0.000000440. The molecule has 0 radical (unpaired) electrons. The van der Waals surface area contributed by atoms with E-state index in [0.29, 0.717) is 17.7 Å². The van der Waals surface area contributed by atoms with Crippen LogP contribution in [0.1, 0.15) is 73.8 Å². The molecule has 0 amide bonds. The van der Waals surface area contributed by atoms with Crippen LogP contribution in [0.4, 0.5) is 0 Å². The molecular weight excluding hydrogens is 508 g/mol. The third-order valence-electron chi connectivity index (χ3n) is 3.41. The van der Waals surface area contributed by atoms with Crippen LogP contribution in [-0.4, -0.2) is 16.0 Å². The molecule has 3 nitrogen and oxygen atoms in total. The van der Waals surface area contributed by atoms with Crippen molar-refractivity contribution in [2.24, 2.45) is 0 Å². The van der Waals surface area contributed by atoms with E-state index >= 15 is 0 Å².